The number of fused-ring (bicyclic) bond motifs is 1. The molecular weight excluding hydrogens is 318 g/mol. The van der Waals surface area contributed by atoms with E-state index in [1.54, 1.807) is 18.0 Å². The summed E-state index contributed by atoms with van der Waals surface area (Å²) in [5.74, 6) is 0.161. The van der Waals surface area contributed by atoms with Crippen molar-refractivity contribution in [3.63, 3.8) is 0 Å². The lowest BCUT2D eigenvalue weighted by atomic mass is 10.3. The topological polar surface area (TPSA) is 66.1 Å². The highest BCUT2D eigenvalue weighted by atomic mass is 32.2. The fraction of sp³-hybridized carbons (Fsp3) is 0.133. The van der Waals surface area contributed by atoms with Gasteiger partial charge in [0.05, 0.1) is 11.3 Å². The highest BCUT2D eigenvalue weighted by molar-refractivity contribution is 7.99. The average molecular weight is 331 g/mol. The van der Waals surface area contributed by atoms with Gasteiger partial charge in [0, 0.05) is 12.7 Å². The van der Waals surface area contributed by atoms with Gasteiger partial charge in [-0.25, -0.2) is 4.98 Å². The zero-order chi connectivity index (χ0) is 15.5. The Hall–Kier alpha value is -2.12. The summed E-state index contributed by atoms with van der Waals surface area (Å²) in [7, 11) is 1.73. The van der Waals surface area contributed by atoms with E-state index in [1.165, 1.54) is 23.1 Å². The summed E-state index contributed by atoms with van der Waals surface area (Å²) in [6, 6.07) is 11.2. The van der Waals surface area contributed by atoms with Gasteiger partial charge in [-0.1, -0.05) is 30.0 Å². The summed E-state index contributed by atoms with van der Waals surface area (Å²) < 4.78 is 0.608. The summed E-state index contributed by atoms with van der Waals surface area (Å²) in [6.45, 7) is 0. The Morgan fingerprint density at radius 2 is 2.09 bits per heavy atom. The van der Waals surface area contributed by atoms with Crippen LogP contribution in [-0.4, -0.2) is 28.7 Å². The number of thiophene rings is 1. The third kappa shape index (κ3) is 3.05. The molecule has 0 saturated carbocycles. The monoisotopic (exact) mass is 331 g/mol. The maximum atomic E-state index is 12.2. The molecule has 0 radical (unpaired) electrons. The quantitative estimate of drug-likeness (QED) is 0.590. The number of hydrogen-bond donors (Lipinski definition) is 1. The number of aromatic nitrogens is 2. The standard InChI is InChI=1S/C15H13N3O2S2/c1-18(10-5-3-2-4-6-10)12(19)9-22-15-16-11-7-8-21-13(11)14(20)17-15/h2-8H,9H2,1H3,(H,16,17,20). The van der Waals surface area contributed by atoms with Crippen molar-refractivity contribution >= 4 is 44.9 Å². The van der Waals surface area contributed by atoms with Gasteiger partial charge >= 0.3 is 0 Å². The Bertz CT molecular complexity index is 858. The number of carbonyl (C=O) groups excluding carboxylic acids is 1. The smallest absolute Gasteiger partial charge is 0.269 e. The zero-order valence-corrected chi connectivity index (χ0v) is 13.4. The van der Waals surface area contributed by atoms with Crippen molar-refractivity contribution in [2.24, 2.45) is 0 Å². The largest absolute Gasteiger partial charge is 0.315 e. The van der Waals surface area contributed by atoms with Gasteiger partial charge in [-0.2, -0.15) is 0 Å². The molecule has 5 nitrogen and oxygen atoms in total. The molecule has 0 unspecified atom stereocenters. The van der Waals surface area contributed by atoms with Crippen molar-refractivity contribution in [3.8, 4) is 0 Å². The first kappa shape index (κ1) is 14.8. The van der Waals surface area contributed by atoms with E-state index in [0.29, 0.717) is 15.4 Å². The number of nitrogens with zero attached hydrogens (tertiary/aromatic N) is 2. The van der Waals surface area contributed by atoms with E-state index in [2.05, 4.69) is 9.97 Å². The molecule has 0 aliphatic heterocycles. The summed E-state index contributed by atoms with van der Waals surface area (Å²) in [6.07, 6.45) is 0. The third-order valence-corrected chi connectivity index (χ3v) is 4.90. The van der Waals surface area contributed by atoms with Crippen LogP contribution in [0.15, 0.2) is 51.7 Å². The maximum Gasteiger partial charge on any atom is 0.269 e. The van der Waals surface area contributed by atoms with E-state index in [9.17, 15) is 9.59 Å². The Morgan fingerprint density at radius 1 is 1.32 bits per heavy atom. The number of anilines is 1. The van der Waals surface area contributed by atoms with Crippen molar-refractivity contribution in [3.05, 3.63) is 52.1 Å². The Kier molecular flexibility index (Phi) is 4.26. The molecule has 3 rings (SSSR count). The van der Waals surface area contributed by atoms with E-state index in [1.807, 2.05) is 35.7 Å². The summed E-state index contributed by atoms with van der Waals surface area (Å²) in [4.78, 5) is 32.7. The second kappa shape index (κ2) is 6.33. The molecule has 0 aliphatic carbocycles. The predicted molar refractivity (Wildman–Crippen MR) is 90.8 cm³/mol. The van der Waals surface area contributed by atoms with Crippen LogP contribution in [0.1, 0.15) is 0 Å². The van der Waals surface area contributed by atoms with Gasteiger partial charge in [0.2, 0.25) is 5.91 Å². The molecule has 7 heteroatoms. The van der Waals surface area contributed by atoms with E-state index >= 15 is 0 Å². The molecule has 2 heterocycles. The van der Waals surface area contributed by atoms with Gasteiger partial charge < -0.3 is 9.88 Å². The number of rotatable bonds is 4. The third-order valence-electron chi connectivity index (χ3n) is 3.14. The minimum absolute atomic E-state index is 0.0516. The predicted octanol–water partition coefficient (Wildman–Crippen LogP) is 2.74. The fourth-order valence-corrected chi connectivity index (χ4v) is 3.45. The van der Waals surface area contributed by atoms with Crippen LogP contribution in [0.4, 0.5) is 5.69 Å². The van der Waals surface area contributed by atoms with Crippen LogP contribution in [0, 0.1) is 0 Å². The fourth-order valence-electron chi connectivity index (χ4n) is 1.94. The van der Waals surface area contributed by atoms with Crippen molar-refractivity contribution in [1.82, 2.24) is 9.97 Å². The number of carbonyl (C=O) groups is 1. The van der Waals surface area contributed by atoms with E-state index < -0.39 is 0 Å². The maximum absolute atomic E-state index is 12.2. The molecule has 22 heavy (non-hydrogen) atoms. The van der Waals surface area contributed by atoms with E-state index in [-0.39, 0.29) is 17.2 Å². The summed E-state index contributed by atoms with van der Waals surface area (Å²) >= 11 is 2.59. The van der Waals surface area contributed by atoms with Gasteiger partial charge in [-0.05, 0) is 23.6 Å². The molecule has 2 aromatic heterocycles. The zero-order valence-electron chi connectivity index (χ0n) is 11.8. The van der Waals surface area contributed by atoms with Crippen LogP contribution in [0.25, 0.3) is 10.2 Å². The molecule has 3 aromatic rings. The van der Waals surface area contributed by atoms with Gasteiger partial charge in [0.25, 0.3) is 5.56 Å². The molecule has 0 bridgehead atoms. The molecule has 1 amide bonds. The molecule has 0 spiro atoms. The van der Waals surface area contributed by atoms with Crippen molar-refractivity contribution in [1.29, 1.82) is 0 Å². The number of hydrogen-bond acceptors (Lipinski definition) is 5. The lowest BCUT2D eigenvalue weighted by Gasteiger charge is -2.16. The normalized spacial score (nSPS) is 10.8. The first-order valence-corrected chi connectivity index (χ1v) is 8.43. The first-order chi connectivity index (χ1) is 10.6. The average Bonchev–Trinajstić information content (AvgIpc) is 3.02. The Labute approximate surface area is 135 Å². The number of nitrogens with one attached hydrogen (secondary N) is 1. The molecule has 1 N–H and O–H groups in total. The minimum Gasteiger partial charge on any atom is -0.315 e. The number of amides is 1. The summed E-state index contributed by atoms with van der Waals surface area (Å²) in [5.41, 5.74) is 1.34. The van der Waals surface area contributed by atoms with Crippen LogP contribution < -0.4 is 10.5 Å². The number of thioether (sulfide) groups is 1. The van der Waals surface area contributed by atoms with E-state index in [4.69, 9.17) is 0 Å². The molecule has 0 atom stereocenters. The number of benzene rings is 1. The number of aromatic amines is 1. The molecule has 0 saturated heterocycles. The van der Waals surface area contributed by atoms with Crippen LogP contribution in [0.5, 0.6) is 0 Å². The molecule has 112 valence electrons. The number of para-hydroxylation sites is 1. The Balaban J connectivity index is 1.71. The second-order valence-corrected chi connectivity index (χ2v) is 6.46. The van der Waals surface area contributed by atoms with Crippen molar-refractivity contribution in [2.75, 3.05) is 17.7 Å². The van der Waals surface area contributed by atoms with Crippen LogP contribution >= 0.6 is 23.1 Å². The molecule has 0 aliphatic rings. The lowest BCUT2D eigenvalue weighted by Crippen LogP contribution is -2.28. The molecule has 0 fully saturated rings. The summed E-state index contributed by atoms with van der Waals surface area (Å²) in [5, 5.41) is 2.29. The van der Waals surface area contributed by atoms with Gasteiger partial charge in [0.1, 0.15) is 4.70 Å². The van der Waals surface area contributed by atoms with Crippen molar-refractivity contribution < 1.29 is 4.79 Å². The SMILES string of the molecule is CN(C(=O)CSc1nc2ccsc2c(=O)[nH]1)c1ccccc1. The highest BCUT2D eigenvalue weighted by Crippen LogP contribution is 2.19. The van der Waals surface area contributed by atoms with Gasteiger partial charge in [-0.15, -0.1) is 11.3 Å². The highest BCUT2D eigenvalue weighted by Gasteiger charge is 2.12. The van der Waals surface area contributed by atoms with E-state index in [0.717, 1.165) is 5.69 Å². The minimum atomic E-state index is -0.161. The Morgan fingerprint density at radius 3 is 2.86 bits per heavy atom. The first-order valence-electron chi connectivity index (χ1n) is 6.57. The molecule has 1 aromatic carbocycles. The van der Waals surface area contributed by atoms with Crippen LogP contribution in [0.2, 0.25) is 0 Å². The number of H-pyrrole nitrogens is 1. The van der Waals surface area contributed by atoms with Crippen LogP contribution in [-0.2, 0) is 4.79 Å². The molecular formula is C15H13N3O2S2. The second-order valence-electron chi connectivity index (χ2n) is 4.58. The van der Waals surface area contributed by atoms with Crippen LogP contribution in [0.3, 0.4) is 0 Å². The van der Waals surface area contributed by atoms with Crippen molar-refractivity contribution in [2.45, 2.75) is 5.16 Å². The van der Waals surface area contributed by atoms with Gasteiger partial charge in [-0.3, -0.25) is 9.59 Å². The van der Waals surface area contributed by atoms with Gasteiger partial charge in [0.15, 0.2) is 5.16 Å². The lowest BCUT2D eigenvalue weighted by molar-refractivity contribution is -0.115.